The maximum atomic E-state index is 9.08. The Labute approximate surface area is 59.1 Å². The van der Waals surface area contributed by atoms with Crippen molar-refractivity contribution in [2.24, 2.45) is 0 Å². The van der Waals surface area contributed by atoms with Crippen molar-refractivity contribution in [3.05, 3.63) is 0 Å². The number of rotatable bonds is 0. The zero-order chi connectivity index (χ0) is 7.72. The third kappa shape index (κ3) is 1.46. The highest BCUT2D eigenvalue weighted by molar-refractivity contribution is 4.78. The van der Waals surface area contributed by atoms with Crippen molar-refractivity contribution in [1.29, 1.82) is 0 Å². The monoisotopic (exact) mass is 148 g/mol. The fourth-order valence-corrected chi connectivity index (χ4v) is 1.04. The zero-order valence-electron chi connectivity index (χ0n) is 5.77. The van der Waals surface area contributed by atoms with Gasteiger partial charge in [0.1, 0.15) is 6.10 Å². The number of aliphatic hydroxyl groups excluding tert-OH is 3. The van der Waals surface area contributed by atoms with Gasteiger partial charge in [0.05, 0.1) is 12.2 Å². The molecule has 4 heteroatoms. The van der Waals surface area contributed by atoms with E-state index in [2.05, 4.69) is 0 Å². The minimum atomic E-state index is -0.937. The fourth-order valence-electron chi connectivity index (χ4n) is 1.04. The lowest BCUT2D eigenvalue weighted by Gasteiger charge is -2.32. The molecule has 1 fully saturated rings. The summed E-state index contributed by atoms with van der Waals surface area (Å²) in [4.78, 5) is 0. The van der Waals surface area contributed by atoms with Gasteiger partial charge in [-0.05, 0) is 6.92 Å². The van der Waals surface area contributed by atoms with Crippen LogP contribution in [0.3, 0.4) is 0 Å². The van der Waals surface area contributed by atoms with Crippen LogP contribution in [0.4, 0.5) is 0 Å². The standard InChI is InChI=1S/C6H12O4/c1-3-6(9)4(7)2-5(8)10-3/h3-9H,2H2,1H3/t3?,4?,5?,6-/m0/s1. The highest BCUT2D eigenvalue weighted by Crippen LogP contribution is 2.17. The third-order valence-electron chi connectivity index (χ3n) is 1.69. The lowest BCUT2D eigenvalue weighted by atomic mass is 10.0. The van der Waals surface area contributed by atoms with Gasteiger partial charge in [0.25, 0.3) is 0 Å². The average Bonchev–Trinajstić information content (AvgIpc) is 1.82. The smallest absolute Gasteiger partial charge is 0.157 e. The quantitative estimate of drug-likeness (QED) is 0.405. The first-order valence-corrected chi connectivity index (χ1v) is 3.31. The second-order valence-electron chi connectivity index (χ2n) is 2.59. The summed E-state index contributed by atoms with van der Waals surface area (Å²) in [5, 5.41) is 27.0. The Kier molecular flexibility index (Phi) is 2.25. The predicted octanol–water partition coefficient (Wildman–Crippen LogP) is -1.16. The summed E-state index contributed by atoms with van der Waals surface area (Å²) >= 11 is 0. The summed E-state index contributed by atoms with van der Waals surface area (Å²) in [6, 6.07) is 0. The van der Waals surface area contributed by atoms with Crippen LogP contribution in [0.25, 0.3) is 0 Å². The molecule has 0 aromatic heterocycles. The maximum Gasteiger partial charge on any atom is 0.157 e. The van der Waals surface area contributed by atoms with Crippen molar-refractivity contribution in [1.82, 2.24) is 0 Å². The fraction of sp³-hybridized carbons (Fsp3) is 1.00. The van der Waals surface area contributed by atoms with E-state index in [0.29, 0.717) is 0 Å². The van der Waals surface area contributed by atoms with Crippen LogP contribution in [-0.4, -0.2) is 39.9 Å². The molecular weight excluding hydrogens is 136 g/mol. The van der Waals surface area contributed by atoms with Crippen LogP contribution in [0.1, 0.15) is 13.3 Å². The minimum Gasteiger partial charge on any atom is -0.390 e. The molecule has 3 N–H and O–H groups in total. The van der Waals surface area contributed by atoms with Crippen LogP contribution >= 0.6 is 0 Å². The summed E-state index contributed by atoms with van der Waals surface area (Å²) in [5.41, 5.74) is 0. The van der Waals surface area contributed by atoms with Gasteiger partial charge in [-0.25, -0.2) is 0 Å². The summed E-state index contributed by atoms with van der Waals surface area (Å²) in [7, 11) is 0. The first kappa shape index (κ1) is 7.94. The average molecular weight is 148 g/mol. The van der Waals surface area contributed by atoms with E-state index in [1.165, 1.54) is 0 Å². The second-order valence-corrected chi connectivity index (χ2v) is 2.59. The third-order valence-corrected chi connectivity index (χ3v) is 1.69. The Hall–Kier alpha value is -0.160. The van der Waals surface area contributed by atoms with Crippen molar-refractivity contribution in [3.63, 3.8) is 0 Å². The lowest BCUT2D eigenvalue weighted by molar-refractivity contribution is -0.226. The van der Waals surface area contributed by atoms with Gasteiger partial charge in [0, 0.05) is 6.42 Å². The van der Waals surface area contributed by atoms with Crippen molar-refractivity contribution >= 4 is 0 Å². The SMILES string of the molecule is CC1OC(O)CC(O)[C@H]1O. The van der Waals surface area contributed by atoms with Gasteiger partial charge in [-0.3, -0.25) is 0 Å². The number of hydrogen-bond acceptors (Lipinski definition) is 4. The van der Waals surface area contributed by atoms with Crippen LogP contribution in [0.5, 0.6) is 0 Å². The molecule has 1 aliphatic rings. The van der Waals surface area contributed by atoms with Gasteiger partial charge in [0.15, 0.2) is 6.29 Å². The summed E-state index contributed by atoms with van der Waals surface area (Å²) in [6.45, 7) is 1.61. The molecule has 1 heterocycles. The first-order chi connectivity index (χ1) is 4.61. The topological polar surface area (TPSA) is 69.9 Å². The van der Waals surface area contributed by atoms with E-state index >= 15 is 0 Å². The molecule has 0 radical (unpaired) electrons. The van der Waals surface area contributed by atoms with Crippen molar-refractivity contribution in [3.8, 4) is 0 Å². The molecule has 0 bridgehead atoms. The largest absolute Gasteiger partial charge is 0.390 e. The van der Waals surface area contributed by atoms with Gasteiger partial charge in [-0.2, -0.15) is 0 Å². The van der Waals surface area contributed by atoms with Gasteiger partial charge < -0.3 is 20.1 Å². The van der Waals surface area contributed by atoms with E-state index in [-0.39, 0.29) is 6.42 Å². The van der Waals surface area contributed by atoms with Gasteiger partial charge in [-0.15, -0.1) is 0 Å². The van der Waals surface area contributed by atoms with Crippen molar-refractivity contribution in [2.75, 3.05) is 0 Å². The molecule has 1 rings (SSSR count). The Balaban J connectivity index is 2.49. The number of aliphatic hydroxyl groups is 3. The summed E-state index contributed by atoms with van der Waals surface area (Å²) in [5.74, 6) is 0. The van der Waals surface area contributed by atoms with Crippen LogP contribution < -0.4 is 0 Å². The zero-order valence-corrected chi connectivity index (χ0v) is 5.77. The molecule has 0 amide bonds. The van der Waals surface area contributed by atoms with Crippen LogP contribution in [0, 0.1) is 0 Å². The molecule has 1 aliphatic heterocycles. The van der Waals surface area contributed by atoms with E-state index in [9.17, 15) is 0 Å². The molecule has 10 heavy (non-hydrogen) atoms. The molecule has 4 atom stereocenters. The van der Waals surface area contributed by atoms with E-state index < -0.39 is 24.6 Å². The second kappa shape index (κ2) is 2.84. The van der Waals surface area contributed by atoms with Gasteiger partial charge >= 0.3 is 0 Å². The molecule has 0 spiro atoms. The Morgan fingerprint density at radius 1 is 1.30 bits per heavy atom. The van der Waals surface area contributed by atoms with Crippen LogP contribution in [0.15, 0.2) is 0 Å². The molecule has 60 valence electrons. The first-order valence-electron chi connectivity index (χ1n) is 3.31. The van der Waals surface area contributed by atoms with E-state index in [0.717, 1.165) is 0 Å². The molecule has 1 saturated heterocycles. The molecular formula is C6H12O4. The number of ether oxygens (including phenoxy) is 1. The molecule has 0 aromatic carbocycles. The van der Waals surface area contributed by atoms with Gasteiger partial charge in [-0.1, -0.05) is 0 Å². The predicted molar refractivity (Wildman–Crippen MR) is 33.2 cm³/mol. The number of hydrogen-bond donors (Lipinski definition) is 3. The molecule has 0 saturated carbocycles. The summed E-state index contributed by atoms with van der Waals surface area (Å²) < 4.78 is 4.81. The van der Waals surface area contributed by atoms with Crippen LogP contribution in [-0.2, 0) is 4.74 Å². The Bertz CT molecular complexity index is 104. The van der Waals surface area contributed by atoms with E-state index in [4.69, 9.17) is 20.1 Å². The minimum absolute atomic E-state index is 0.0888. The van der Waals surface area contributed by atoms with Crippen LogP contribution in [0.2, 0.25) is 0 Å². The van der Waals surface area contributed by atoms with Crippen molar-refractivity contribution < 1.29 is 20.1 Å². The van der Waals surface area contributed by atoms with Crippen molar-refractivity contribution in [2.45, 2.75) is 37.9 Å². The molecule has 0 aromatic rings. The highest BCUT2D eigenvalue weighted by atomic mass is 16.6. The Morgan fingerprint density at radius 3 is 2.40 bits per heavy atom. The summed E-state index contributed by atoms with van der Waals surface area (Å²) in [6.07, 6.45) is -3.07. The Morgan fingerprint density at radius 2 is 1.90 bits per heavy atom. The van der Waals surface area contributed by atoms with E-state index in [1.807, 2.05) is 0 Å². The highest BCUT2D eigenvalue weighted by Gasteiger charge is 2.32. The maximum absolute atomic E-state index is 9.08. The normalized spacial score (nSPS) is 49.2. The molecule has 4 nitrogen and oxygen atoms in total. The molecule has 0 aliphatic carbocycles. The lowest BCUT2D eigenvalue weighted by Crippen LogP contribution is -2.46. The van der Waals surface area contributed by atoms with Gasteiger partial charge in [0.2, 0.25) is 0 Å². The molecule has 3 unspecified atom stereocenters. The van der Waals surface area contributed by atoms with E-state index in [1.54, 1.807) is 6.92 Å².